The van der Waals surface area contributed by atoms with Crippen LogP contribution in [0.4, 0.5) is 10.5 Å². The number of fused-ring (bicyclic) bond motifs is 1. The van der Waals surface area contributed by atoms with Crippen molar-refractivity contribution in [1.29, 1.82) is 0 Å². The molecule has 7 heteroatoms. The summed E-state index contributed by atoms with van der Waals surface area (Å²) in [6.45, 7) is 5.55. The van der Waals surface area contributed by atoms with E-state index in [1.54, 1.807) is 7.11 Å². The Morgan fingerprint density at radius 3 is 2.75 bits per heavy atom. The second-order valence-electron chi connectivity index (χ2n) is 6.97. The Hall–Kier alpha value is -3.06. The SMILES string of the molecule is COc1ccccc1NC(=O)N1CCN(Cc2nc3cc(C)ccc3o2)CC1. The molecular weight excluding hydrogens is 356 g/mol. The Morgan fingerprint density at radius 1 is 1.18 bits per heavy atom. The van der Waals surface area contributed by atoms with Crippen molar-refractivity contribution in [2.75, 3.05) is 38.6 Å². The number of methoxy groups -OCH3 is 1. The van der Waals surface area contributed by atoms with Gasteiger partial charge in [-0.05, 0) is 36.8 Å². The fourth-order valence-electron chi connectivity index (χ4n) is 3.40. The van der Waals surface area contributed by atoms with Crippen LogP contribution in [-0.2, 0) is 6.54 Å². The Balaban J connectivity index is 1.33. The summed E-state index contributed by atoms with van der Waals surface area (Å²) in [5, 5.41) is 2.93. The molecule has 0 aliphatic carbocycles. The van der Waals surface area contributed by atoms with Gasteiger partial charge in [0.15, 0.2) is 5.58 Å². The fourth-order valence-corrected chi connectivity index (χ4v) is 3.40. The van der Waals surface area contributed by atoms with Crippen LogP contribution in [0.2, 0.25) is 0 Å². The molecule has 1 fully saturated rings. The van der Waals surface area contributed by atoms with Gasteiger partial charge in [-0.1, -0.05) is 18.2 Å². The highest BCUT2D eigenvalue weighted by Gasteiger charge is 2.23. The van der Waals surface area contributed by atoms with Crippen molar-refractivity contribution in [3.63, 3.8) is 0 Å². The largest absolute Gasteiger partial charge is 0.495 e. The molecule has 28 heavy (non-hydrogen) atoms. The van der Waals surface area contributed by atoms with Gasteiger partial charge in [-0.25, -0.2) is 9.78 Å². The van der Waals surface area contributed by atoms with E-state index in [9.17, 15) is 4.79 Å². The smallest absolute Gasteiger partial charge is 0.322 e. The Bertz CT molecular complexity index is 977. The molecule has 146 valence electrons. The quantitative estimate of drug-likeness (QED) is 0.750. The van der Waals surface area contributed by atoms with Crippen LogP contribution in [0, 0.1) is 6.92 Å². The number of ether oxygens (including phenoxy) is 1. The summed E-state index contributed by atoms with van der Waals surface area (Å²) in [6.07, 6.45) is 0. The normalized spacial score (nSPS) is 15.0. The second kappa shape index (κ2) is 7.90. The molecule has 4 rings (SSSR count). The number of piperazine rings is 1. The summed E-state index contributed by atoms with van der Waals surface area (Å²) >= 11 is 0. The number of hydrogen-bond acceptors (Lipinski definition) is 5. The van der Waals surface area contributed by atoms with Crippen molar-refractivity contribution in [1.82, 2.24) is 14.8 Å². The number of hydrogen-bond donors (Lipinski definition) is 1. The summed E-state index contributed by atoms with van der Waals surface area (Å²) in [4.78, 5) is 21.2. The third-order valence-electron chi connectivity index (χ3n) is 4.95. The van der Waals surface area contributed by atoms with E-state index in [1.807, 2.05) is 54.3 Å². The molecule has 0 unspecified atom stereocenters. The first-order chi connectivity index (χ1) is 13.6. The molecule has 0 atom stereocenters. The number of carbonyl (C=O) groups is 1. The maximum absolute atomic E-state index is 12.6. The molecule has 0 saturated carbocycles. The molecule has 1 N–H and O–H groups in total. The monoisotopic (exact) mass is 380 g/mol. The van der Waals surface area contributed by atoms with Crippen molar-refractivity contribution in [3.05, 3.63) is 53.9 Å². The van der Waals surface area contributed by atoms with Gasteiger partial charge in [0.2, 0.25) is 5.89 Å². The summed E-state index contributed by atoms with van der Waals surface area (Å²) in [5.74, 6) is 1.37. The number of para-hydroxylation sites is 2. The van der Waals surface area contributed by atoms with Crippen molar-refractivity contribution in [2.24, 2.45) is 0 Å². The number of nitrogens with one attached hydrogen (secondary N) is 1. The molecule has 0 bridgehead atoms. The molecule has 1 aromatic heterocycles. The highest BCUT2D eigenvalue weighted by Crippen LogP contribution is 2.24. The number of aromatic nitrogens is 1. The number of urea groups is 1. The Labute approximate surface area is 163 Å². The minimum Gasteiger partial charge on any atom is -0.495 e. The van der Waals surface area contributed by atoms with E-state index in [-0.39, 0.29) is 6.03 Å². The Kier molecular flexibility index (Phi) is 5.16. The number of aryl methyl sites for hydroxylation is 1. The molecule has 0 spiro atoms. The van der Waals surface area contributed by atoms with Gasteiger partial charge in [-0.15, -0.1) is 0 Å². The number of oxazole rings is 1. The summed E-state index contributed by atoms with van der Waals surface area (Å²) in [7, 11) is 1.59. The van der Waals surface area contributed by atoms with E-state index in [4.69, 9.17) is 9.15 Å². The van der Waals surface area contributed by atoms with Gasteiger partial charge in [-0.3, -0.25) is 4.90 Å². The standard InChI is InChI=1S/C21H24N4O3/c1-15-7-8-19-17(13-15)22-20(28-19)14-24-9-11-25(12-10-24)21(26)23-16-5-3-4-6-18(16)27-2/h3-8,13H,9-12,14H2,1-2H3,(H,23,26). The highest BCUT2D eigenvalue weighted by molar-refractivity contribution is 5.91. The molecule has 2 heterocycles. The van der Waals surface area contributed by atoms with Gasteiger partial charge in [0.05, 0.1) is 19.3 Å². The zero-order valence-electron chi connectivity index (χ0n) is 16.1. The number of carbonyl (C=O) groups excluding carboxylic acids is 1. The average Bonchev–Trinajstić information content (AvgIpc) is 3.10. The lowest BCUT2D eigenvalue weighted by Crippen LogP contribution is -2.49. The number of rotatable bonds is 4. The fraction of sp³-hybridized carbons (Fsp3) is 0.333. The lowest BCUT2D eigenvalue weighted by molar-refractivity contribution is 0.136. The van der Waals surface area contributed by atoms with E-state index in [2.05, 4.69) is 15.2 Å². The summed E-state index contributed by atoms with van der Waals surface area (Å²) in [5.41, 5.74) is 3.56. The first kappa shape index (κ1) is 18.3. The highest BCUT2D eigenvalue weighted by atomic mass is 16.5. The minimum absolute atomic E-state index is 0.110. The molecule has 2 amide bonds. The maximum atomic E-state index is 12.6. The van der Waals surface area contributed by atoms with Crippen LogP contribution in [-0.4, -0.2) is 54.1 Å². The third-order valence-corrected chi connectivity index (χ3v) is 4.95. The van der Waals surface area contributed by atoms with Gasteiger partial charge >= 0.3 is 6.03 Å². The van der Waals surface area contributed by atoms with Gasteiger partial charge < -0.3 is 19.4 Å². The molecule has 2 aromatic carbocycles. The van der Waals surface area contributed by atoms with Crippen molar-refractivity contribution in [2.45, 2.75) is 13.5 Å². The molecule has 1 aliphatic rings. The number of nitrogens with zero attached hydrogens (tertiary/aromatic N) is 3. The van der Waals surface area contributed by atoms with Gasteiger partial charge in [-0.2, -0.15) is 0 Å². The minimum atomic E-state index is -0.110. The van der Waals surface area contributed by atoms with Gasteiger partial charge in [0, 0.05) is 26.2 Å². The summed E-state index contributed by atoms with van der Waals surface area (Å²) < 4.78 is 11.1. The number of benzene rings is 2. The first-order valence-corrected chi connectivity index (χ1v) is 9.40. The van der Waals surface area contributed by atoms with Crippen LogP contribution in [0.5, 0.6) is 5.75 Å². The van der Waals surface area contributed by atoms with Gasteiger partial charge in [0.25, 0.3) is 0 Å². The molecule has 1 saturated heterocycles. The van der Waals surface area contributed by atoms with Crippen LogP contribution in [0.25, 0.3) is 11.1 Å². The first-order valence-electron chi connectivity index (χ1n) is 9.40. The van der Waals surface area contributed by atoms with Gasteiger partial charge in [0.1, 0.15) is 11.3 Å². The van der Waals surface area contributed by atoms with E-state index in [0.717, 1.165) is 24.2 Å². The topological polar surface area (TPSA) is 70.8 Å². The van der Waals surface area contributed by atoms with E-state index in [0.29, 0.717) is 37.0 Å². The molecule has 7 nitrogen and oxygen atoms in total. The lowest BCUT2D eigenvalue weighted by Gasteiger charge is -2.34. The van der Waals surface area contributed by atoms with Crippen LogP contribution in [0.1, 0.15) is 11.5 Å². The van der Waals surface area contributed by atoms with Crippen LogP contribution >= 0.6 is 0 Å². The van der Waals surface area contributed by atoms with Crippen LogP contribution in [0.3, 0.4) is 0 Å². The summed E-state index contributed by atoms with van der Waals surface area (Å²) in [6, 6.07) is 13.3. The third kappa shape index (κ3) is 3.94. The average molecular weight is 380 g/mol. The van der Waals surface area contributed by atoms with Crippen LogP contribution in [0.15, 0.2) is 46.9 Å². The molecule has 0 radical (unpaired) electrons. The van der Waals surface area contributed by atoms with Crippen molar-refractivity contribution in [3.8, 4) is 5.75 Å². The van der Waals surface area contributed by atoms with Crippen molar-refractivity contribution >= 4 is 22.8 Å². The van der Waals surface area contributed by atoms with Crippen LogP contribution < -0.4 is 10.1 Å². The Morgan fingerprint density at radius 2 is 1.96 bits per heavy atom. The van der Waals surface area contributed by atoms with E-state index in [1.165, 1.54) is 5.56 Å². The lowest BCUT2D eigenvalue weighted by atomic mass is 10.2. The number of anilines is 1. The predicted molar refractivity (Wildman–Crippen MR) is 108 cm³/mol. The molecular formula is C21H24N4O3. The van der Waals surface area contributed by atoms with Crippen molar-refractivity contribution < 1.29 is 13.9 Å². The molecule has 1 aliphatic heterocycles. The number of amides is 2. The predicted octanol–water partition coefficient (Wildman–Crippen LogP) is 3.49. The van der Waals surface area contributed by atoms with E-state index >= 15 is 0 Å². The maximum Gasteiger partial charge on any atom is 0.322 e. The molecule has 3 aromatic rings. The second-order valence-corrected chi connectivity index (χ2v) is 6.97. The van der Waals surface area contributed by atoms with E-state index < -0.39 is 0 Å². The zero-order valence-corrected chi connectivity index (χ0v) is 16.1. The zero-order chi connectivity index (χ0) is 19.5.